The SMILES string of the molecule is CCCc1ccc(C(=O)Nc2ncc3c(C(=O)NC(C)C)cn(C(C)(C)C)c3n2)cc1. The highest BCUT2D eigenvalue weighted by Crippen LogP contribution is 2.27. The molecule has 0 unspecified atom stereocenters. The molecule has 0 fully saturated rings. The zero-order valence-electron chi connectivity index (χ0n) is 19.1. The number of rotatable bonds is 6. The van der Waals surface area contributed by atoms with E-state index in [0.717, 1.165) is 12.8 Å². The molecule has 7 nitrogen and oxygen atoms in total. The van der Waals surface area contributed by atoms with Crippen molar-refractivity contribution in [1.82, 2.24) is 19.9 Å². The molecule has 2 amide bonds. The summed E-state index contributed by atoms with van der Waals surface area (Å²) in [5, 5.41) is 6.34. The molecule has 0 saturated heterocycles. The number of anilines is 1. The molecule has 0 aliphatic heterocycles. The molecular weight excluding hydrogens is 390 g/mol. The van der Waals surface area contributed by atoms with Gasteiger partial charge >= 0.3 is 0 Å². The molecule has 0 aliphatic rings. The number of aryl methyl sites for hydroxylation is 1. The third kappa shape index (κ3) is 5.10. The number of fused-ring (bicyclic) bond motifs is 1. The van der Waals surface area contributed by atoms with Crippen LogP contribution in [0.3, 0.4) is 0 Å². The van der Waals surface area contributed by atoms with Crippen LogP contribution in [0, 0.1) is 0 Å². The summed E-state index contributed by atoms with van der Waals surface area (Å²) in [7, 11) is 0. The van der Waals surface area contributed by atoms with Gasteiger partial charge in [-0.2, -0.15) is 4.98 Å². The molecule has 31 heavy (non-hydrogen) atoms. The van der Waals surface area contributed by atoms with Crippen LogP contribution in [0.25, 0.3) is 11.0 Å². The summed E-state index contributed by atoms with van der Waals surface area (Å²) >= 11 is 0. The lowest BCUT2D eigenvalue weighted by Crippen LogP contribution is -2.30. The Morgan fingerprint density at radius 1 is 1.10 bits per heavy atom. The standard InChI is InChI=1S/C24H31N5O2/c1-7-8-16-9-11-17(12-10-16)21(30)28-23-25-13-18-19(22(31)26-15(2)3)14-29(20(18)27-23)24(4,5)6/h9-15H,7-8H2,1-6H3,(H,26,31)(H,25,27,28,30). The maximum absolute atomic E-state index is 12.7. The third-order valence-electron chi connectivity index (χ3n) is 4.91. The van der Waals surface area contributed by atoms with Gasteiger partial charge in [0, 0.05) is 29.5 Å². The smallest absolute Gasteiger partial charge is 0.258 e. The summed E-state index contributed by atoms with van der Waals surface area (Å²) in [6, 6.07) is 7.57. The van der Waals surface area contributed by atoms with E-state index in [2.05, 4.69) is 27.5 Å². The van der Waals surface area contributed by atoms with Crippen LogP contribution >= 0.6 is 0 Å². The van der Waals surface area contributed by atoms with E-state index in [1.807, 2.05) is 63.5 Å². The van der Waals surface area contributed by atoms with Gasteiger partial charge in [-0.05, 0) is 58.7 Å². The largest absolute Gasteiger partial charge is 0.350 e. The van der Waals surface area contributed by atoms with Gasteiger partial charge in [0.25, 0.3) is 11.8 Å². The Labute approximate surface area is 183 Å². The predicted octanol–water partition coefficient (Wildman–Crippen LogP) is 4.53. The van der Waals surface area contributed by atoms with Crippen molar-refractivity contribution in [1.29, 1.82) is 0 Å². The summed E-state index contributed by atoms with van der Waals surface area (Å²) in [5.41, 5.74) is 2.56. The summed E-state index contributed by atoms with van der Waals surface area (Å²) in [4.78, 5) is 34.2. The first-order valence-corrected chi connectivity index (χ1v) is 10.7. The van der Waals surface area contributed by atoms with Crippen LogP contribution in [0.2, 0.25) is 0 Å². The van der Waals surface area contributed by atoms with Gasteiger partial charge in [-0.3, -0.25) is 14.9 Å². The van der Waals surface area contributed by atoms with Gasteiger partial charge in [-0.1, -0.05) is 25.5 Å². The Hall–Kier alpha value is -3.22. The van der Waals surface area contributed by atoms with Crippen molar-refractivity contribution in [3.8, 4) is 0 Å². The second-order valence-electron chi connectivity index (χ2n) is 9.04. The molecule has 0 aliphatic carbocycles. The molecule has 0 saturated carbocycles. The van der Waals surface area contributed by atoms with E-state index >= 15 is 0 Å². The molecule has 7 heteroatoms. The summed E-state index contributed by atoms with van der Waals surface area (Å²) < 4.78 is 1.94. The van der Waals surface area contributed by atoms with Gasteiger partial charge in [0.1, 0.15) is 5.65 Å². The van der Waals surface area contributed by atoms with Crippen molar-refractivity contribution in [2.24, 2.45) is 0 Å². The highest BCUT2D eigenvalue weighted by atomic mass is 16.2. The molecule has 3 rings (SSSR count). The minimum atomic E-state index is -0.306. The molecule has 164 valence electrons. The fourth-order valence-corrected chi connectivity index (χ4v) is 3.38. The lowest BCUT2D eigenvalue weighted by molar-refractivity contribution is 0.0943. The Kier molecular flexibility index (Phi) is 6.43. The number of benzene rings is 1. The molecular formula is C24H31N5O2. The van der Waals surface area contributed by atoms with E-state index in [1.54, 1.807) is 12.4 Å². The average Bonchev–Trinajstić information content (AvgIpc) is 3.07. The van der Waals surface area contributed by atoms with E-state index in [9.17, 15) is 9.59 Å². The van der Waals surface area contributed by atoms with Crippen LogP contribution < -0.4 is 10.6 Å². The van der Waals surface area contributed by atoms with E-state index in [-0.39, 0.29) is 29.3 Å². The maximum atomic E-state index is 12.7. The van der Waals surface area contributed by atoms with Crippen LogP contribution in [0.15, 0.2) is 36.7 Å². The summed E-state index contributed by atoms with van der Waals surface area (Å²) in [5.74, 6) is -0.237. The highest BCUT2D eigenvalue weighted by Gasteiger charge is 2.24. The van der Waals surface area contributed by atoms with Crippen LogP contribution in [0.1, 0.15) is 74.2 Å². The Morgan fingerprint density at radius 2 is 1.77 bits per heavy atom. The van der Waals surface area contributed by atoms with Gasteiger partial charge in [0.2, 0.25) is 5.95 Å². The van der Waals surface area contributed by atoms with Crippen molar-refractivity contribution in [2.75, 3.05) is 5.32 Å². The number of aromatic nitrogens is 3. The van der Waals surface area contributed by atoms with Gasteiger partial charge in [0.15, 0.2) is 0 Å². The van der Waals surface area contributed by atoms with Gasteiger partial charge in [0.05, 0.1) is 10.9 Å². The zero-order valence-corrected chi connectivity index (χ0v) is 19.1. The number of hydrogen-bond acceptors (Lipinski definition) is 4. The van der Waals surface area contributed by atoms with Crippen LogP contribution in [0.4, 0.5) is 5.95 Å². The lowest BCUT2D eigenvalue weighted by atomic mass is 10.1. The number of carbonyl (C=O) groups excluding carboxylic acids is 2. The van der Waals surface area contributed by atoms with E-state index < -0.39 is 0 Å². The minimum absolute atomic E-state index is 0.0173. The normalized spacial score (nSPS) is 11.7. The molecule has 0 spiro atoms. The molecule has 0 atom stereocenters. The second-order valence-corrected chi connectivity index (χ2v) is 9.04. The van der Waals surface area contributed by atoms with Crippen LogP contribution in [-0.4, -0.2) is 32.4 Å². The van der Waals surface area contributed by atoms with Gasteiger partial charge in [-0.15, -0.1) is 0 Å². The number of nitrogens with zero attached hydrogens (tertiary/aromatic N) is 3. The molecule has 2 heterocycles. The van der Waals surface area contributed by atoms with Crippen LogP contribution in [0.5, 0.6) is 0 Å². The predicted molar refractivity (Wildman–Crippen MR) is 124 cm³/mol. The van der Waals surface area contributed by atoms with Crippen molar-refractivity contribution >= 4 is 28.8 Å². The number of hydrogen-bond donors (Lipinski definition) is 2. The molecule has 0 bridgehead atoms. The first kappa shape index (κ1) is 22.5. The molecule has 3 aromatic rings. The molecule has 2 N–H and O–H groups in total. The summed E-state index contributed by atoms with van der Waals surface area (Å²) in [6.45, 7) is 12.1. The topological polar surface area (TPSA) is 88.9 Å². The molecule has 1 aromatic carbocycles. The monoisotopic (exact) mass is 421 g/mol. The quantitative estimate of drug-likeness (QED) is 0.612. The van der Waals surface area contributed by atoms with Crippen molar-refractivity contribution in [2.45, 2.75) is 66.0 Å². The molecule has 2 aromatic heterocycles. The second kappa shape index (κ2) is 8.88. The van der Waals surface area contributed by atoms with Crippen molar-refractivity contribution in [3.05, 3.63) is 53.3 Å². The Balaban J connectivity index is 1.94. The van der Waals surface area contributed by atoms with E-state index in [1.165, 1.54) is 5.56 Å². The van der Waals surface area contributed by atoms with Crippen molar-refractivity contribution < 1.29 is 9.59 Å². The number of nitrogens with one attached hydrogen (secondary N) is 2. The highest BCUT2D eigenvalue weighted by molar-refractivity contribution is 6.07. The fourth-order valence-electron chi connectivity index (χ4n) is 3.38. The van der Waals surface area contributed by atoms with E-state index in [4.69, 9.17) is 0 Å². The Bertz CT molecular complexity index is 1090. The van der Waals surface area contributed by atoms with Crippen molar-refractivity contribution in [3.63, 3.8) is 0 Å². The molecule has 0 radical (unpaired) electrons. The average molecular weight is 422 g/mol. The number of carbonyl (C=O) groups is 2. The first-order valence-electron chi connectivity index (χ1n) is 10.7. The fraction of sp³-hybridized carbons (Fsp3) is 0.417. The van der Waals surface area contributed by atoms with Gasteiger partial charge in [-0.25, -0.2) is 4.98 Å². The third-order valence-corrected chi connectivity index (χ3v) is 4.91. The zero-order chi connectivity index (χ0) is 22.8. The summed E-state index contributed by atoms with van der Waals surface area (Å²) in [6.07, 6.45) is 5.44. The lowest BCUT2D eigenvalue weighted by Gasteiger charge is -2.22. The first-order chi connectivity index (χ1) is 14.6. The van der Waals surface area contributed by atoms with E-state index in [0.29, 0.717) is 22.2 Å². The van der Waals surface area contributed by atoms with Crippen LogP contribution in [-0.2, 0) is 12.0 Å². The maximum Gasteiger partial charge on any atom is 0.258 e. The minimum Gasteiger partial charge on any atom is -0.350 e. The number of amides is 2. The Morgan fingerprint density at radius 3 is 2.35 bits per heavy atom. The van der Waals surface area contributed by atoms with Gasteiger partial charge < -0.3 is 9.88 Å².